The molecule has 5 heteroatoms. The van der Waals surface area contributed by atoms with Crippen LogP contribution in [0.2, 0.25) is 0 Å². The molecule has 23 heavy (non-hydrogen) atoms. The van der Waals surface area contributed by atoms with Gasteiger partial charge in [0.25, 0.3) is 11.8 Å². The van der Waals surface area contributed by atoms with Gasteiger partial charge < -0.3 is 15.0 Å². The number of nitrogens with one attached hydrogen (secondary N) is 1. The van der Waals surface area contributed by atoms with Gasteiger partial charge in [-0.1, -0.05) is 24.3 Å². The van der Waals surface area contributed by atoms with Crippen molar-refractivity contribution in [2.75, 3.05) is 32.2 Å². The van der Waals surface area contributed by atoms with E-state index in [-0.39, 0.29) is 11.8 Å². The molecule has 0 saturated carbocycles. The number of benzene rings is 2. The smallest absolute Gasteiger partial charge is 0.258 e. The summed E-state index contributed by atoms with van der Waals surface area (Å²) in [5.74, 6) is -0.387. The predicted octanol–water partition coefficient (Wildman–Crippen LogP) is 2.34. The molecule has 120 valence electrons. The van der Waals surface area contributed by atoms with Crippen LogP contribution in [0.15, 0.2) is 54.6 Å². The lowest BCUT2D eigenvalue weighted by molar-refractivity contribution is 0.0937. The first-order valence-electron chi connectivity index (χ1n) is 7.34. The molecule has 2 amide bonds. The number of para-hydroxylation sites is 1. The first-order chi connectivity index (χ1) is 11.1. The fourth-order valence-corrected chi connectivity index (χ4v) is 2.12. The quantitative estimate of drug-likeness (QED) is 0.833. The fraction of sp³-hybridized carbons (Fsp3) is 0.222. The summed E-state index contributed by atoms with van der Waals surface area (Å²) in [7, 11) is 3.29. The Morgan fingerprint density at radius 2 is 1.74 bits per heavy atom. The Hall–Kier alpha value is -2.66. The lowest BCUT2D eigenvalue weighted by atomic mass is 10.1. The zero-order chi connectivity index (χ0) is 16.7. The number of amides is 2. The van der Waals surface area contributed by atoms with Gasteiger partial charge in [-0.2, -0.15) is 0 Å². The molecular weight excluding hydrogens is 292 g/mol. The van der Waals surface area contributed by atoms with Crippen LogP contribution in [-0.4, -0.2) is 39.1 Å². The van der Waals surface area contributed by atoms with Gasteiger partial charge in [-0.15, -0.1) is 0 Å². The minimum atomic E-state index is -0.223. The van der Waals surface area contributed by atoms with Crippen molar-refractivity contribution in [3.8, 4) is 0 Å². The zero-order valence-electron chi connectivity index (χ0n) is 13.3. The van der Waals surface area contributed by atoms with Crippen LogP contribution in [-0.2, 0) is 4.74 Å². The number of anilines is 1. The van der Waals surface area contributed by atoms with E-state index < -0.39 is 0 Å². The van der Waals surface area contributed by atoms with E-state index in [1.807, 2.05) is 30.3 Å². The van der Waals surface area contributed by atoms with E-state index in [1.54, 1.807) is 43.3 Å². The molecule has 0 aliphatic rings. The molecule has 0 saturated heterocycles. The first-order valence-corrected chi connectivity index (χ1v) is 7.34. The van der Waals surface area contributed by atoms with Crippen molar-refractivity contribution in [3.05, 3.63) is 65.7 Å². The predicted molar refractivity (Wildman–Crippen MR) is 89.8 cm³/mol. The number of hydrogen-bond acceptors (Lipinski definition) is 3. The lowest BCUT2D eigenvalue weighted by Gasteiger charge is -2.17. The molecule has 0 heterocycles. The van der Waals surface area contributed by atoms with E-state index in [4.69, 9.17) is 4.74 Å². The van der Waals surface area contributed by atoms with Crippen LogP contribution in [0, 0.1) is 0 Å². The minimum absolute atomic E-state index is 0.164. The number of carbonyl (C=O) groups excluding carboxylic acids is 2. The van der Waals surface area contributed by atoms with Crippen molar-refractivity contribution in [3.63, 3.8) is 0 Å². The Morgan fingerprint density at radius 1 is 1.04 bits per heavy atom. The highest BCUT2D eigenvalue weighted by atomic mass is 16.5. The van der Waals surface area contributed by atoms with Crippen molar-refractivity contribution in [1.29, 1.82) is 0 Å². The van der Waals surface area contributed by atoms with E-state index in [0.29, 0.717) is 24.3 Å². The van der Waals surface area contributed by atoms with Crippen LogP contribution < -0.4 is 10.2 Å². The number of methoxy groups -OCH3 is 1. The van der Waals surface area contributed by atoms with Gasteiger partial charge in [0, 0.05) is 37.5 Å². The third-order valence-electron chi connectivity index (χ3n) is 3.41. The van der Waals surface area contributed by atoms with E-state index >= 15 is 0 Å². The van der Waals surface area contributed by atoms with Gasteiger partial charge in [0.2, 0.25) is 0 Å². The first kappa shape index (κ1) is 16.7. The van der Waals surface area contributed by atoms with E-state index in [2.05, 4.69) is 5.32 Å². The number of hydrogen-bond donors (Lipinski definition) is 1. The molecule has 0 atom stereocenters. The summed E-state index contributed by atoms with van der Waals surface area (Å²) < 4.78 is 4.90. The summed E-state index contributed by atoms with van der Waals surface area (Å²) in [6.07, 6.45) is 0. The second-order valence-corrected chi connectivity index (χ2v) is 5.03. The Bertz CT molecular complexity index is 671. The summed E-state index contributed by atoms with van der Waals surface area (Å²) in [6, 6.07) is 16.1. The number of carbonyl (C=O) groups is 2. The monoisotopic (exact) mass is 312 g/mol. The summed E-state index contributed by atoms with van der Waals surface area (Å²) >= 11 is 0. The van der Waals surface area contributed by atoms with Crippen molar-refractivity contribution >= 4 is 17.5 Å². The molecule has 0 spiro atoms. The number of rotatable bonds is 6. The summed E-state index contributed by atoms with van der Waals surface area (Å²) in [6.45, 7) is 0.874. The Balaban J connectivity index is 2.12. The highest BCUT2D eigenvalue weighted by Crippen LogP contribution is 2.15. The van der Waals surface area contributed by atoms with Crippen molar-refractivity contribution < 1.29 is 14.3 Å². The normalized spacial score (nSPS) is 10.2. The zero-order valence-corrected chi connectivity index (χ0v) is 13.3. The summed E-state index contributed by atoms with van der Waals surface area (Å²) in [5, 5.41) is 2.74. The van der Waals surface area contributed by atoms with Crippen molar-refractivity contribution in [2.45, 2.75) is 0 Å². The second-order valence-electron chi connectivity index (χ2n) is 5.03. The highest BCUT2D eigenvalue weighted by molar-refractivity contribution is 6.07. The van der Waals surface area contributed by atoms with Crippen LogP contribution >= 0.6 is 0 Å². The van der Waals surface area contributed by atoms with E-state index in [0.717, 1.165) is 5.69 Å². The maximum absolute atomic E-state index is 12.6. The van der Waals surface area contributed by atoms with Crippen LogP contribution in [0.25, 0.3) is 0 Å². The van der Waals surface area contributed by atoms with Crippen molar-refractivity contribution in [1.82, 2.24) is 5.32 Å². The average molecular weight is 312 g/mol. The number of ether oxygens (including phenoxy) is 1. The molecule has 0 aromatic heterocycles. The molecule has 0 unspecified atom stereocenters. The lowest BCUT2D eigenvalue weighted by Crippen LogP contribution is -2.28. The highest BCUT2D eigenvalue weighted by Gasteiger charge is 2.15. The van der Waals surface area contributed by atoms with Gasteiger partial charge >= 0.3 is 0 Å². The van der Waals surface area contributed by atoms with Crippen LogP contribution in [0.4, 0.5) is 5.69 Å². The third-order valence-corrected chi connectivity index (χ3v) is 3.41. The maximum atomic E-state index is 12.6. The average Bonchev–Trinajstić information content (AvgIpc) is 2.61. The molecule has 0 aliphatic heterocycles. The Morgan fingerprint density at radius 3 is 2.43 bits per heavy atom. The Kier molecular flexibility index (Phi) is 5.88. The molecule has 0 bridgehead atoms. The molecule has 1 N–H and O–H groups in total. The third kappa shape index (κ3) is 4.40. The standard InChI is InChI=1S/C18H20N2O3/c1-20(16-9-4-3-5-10-16)18(22)15-8-6-7-14(13-15)17(21)19-11-12-23-2/h3-10,13H,11-12H2,1-2H3,(H,19,21). The van der Waals surface area contributed by atoms with Gasteiger partial charge in [0.05, 0.1) is 6.61 Å². The molecule has 0 fully saturated rings. The molecule has 5 nitrogen and oxygen atoms in total. The Labute approximate surface area is 135 Å². The van der Waals surface area contributed by atoms with Gasteiger partial charge in [-0.3, -0.25) is 9.59 Å². The second kappa shape index (κ2) is 8.10. The van der Waals surface area contributed by atoms with Crippen LogP contribution in [0.3, 0.4) is 0 Å². The number of nitrogens with zero attached hydrogens (tertiary/aromatic N) is 1. The van der Waals surface area contributed by atoms with Crippen LogP contribution in [0.5, 0.6) is 0 Å². The van der Waals surface area contributed by atoms with Gasteiger partial charge in [0.15, 0.2) is 0 Å². The molecular formula is C18H20N2O3. The fourth-order valence-electron chi connectivity index (χ4n) is 2.12. The van der Waals surface area contributed by atoms with E-state index in [1.165, 1.54) is 0 Å². The van der Waals surface area contributed by atoms with Gasteiger partial charge in [-0.05, 0) is 30.3 Å². The summed E-state index contributed by atoms with van der Waals surface area (Å²) in [4.78, 5) is 26.2. The molecule has 2 aromatic rings. The maximum Gasteiger partial charge on any atom is 0.258 e. The van der Waals surface area contributed by atoms with Gasteiger partial charge in [0.1, 0.15) is 0 Å². The molecule has 0 aliphatic carbocycles. The molecule has 2 aromatic carbocycles. The largest absolute Gasteiger partial charge is 0.383 e. The topological polar surface area (TPSA) is 58.6 Å². The van der Waals surface area contributed by atoms with Gasteiger partial charge in [-0.25, -0.2) is 0 Å². The summed E-state index contributed by atoms with van der Waals surface area (Å²) in [5.41, 5.74) is 1.72. The van der Waals surface area contributed by atoms with Crippen molar-refractivity contribution in [2.24, 2.45) is 0 Å². The minimum Gasteiger partial charge on any atom is -0.383 e. The SMILES string of the molecule is COCCNC(=O)c1cccc(C(=O)N(C)c2ccccc2)c1. The molecule has 0 radical (unpaired) electrons. The molecule has 2 rings (SSSR count). The van der Waals surface area contributed by atoms with E-state index in [9.17, 15) is 9.59 Å². The van der Waals surface area contributed by atoms with Crippen LogP contribution in [0.1, 0.15) is 20.7 Å².